The van der Waals surface area contributed by atoms with Gasteiger partial charge in [0.15, 0.2) is 0 Å². The van der Waals surface area contributed by atoms with Gasteiger partial charge in [-0.2, -0.15) is 12.6 Å². The minimum absolute atomic E-state index is 0.119. The largest absolute Gasteiger partial charge is 0.395 e. The molecule has 1 saturated heterocycles. The van der Waals surface area contributed by atoms with E-state index in [0.717, 1.165) is 0 Å². The first-order valence-electron chi connectivity index (χ1n) is 4.02. The second kappa shape index (κ2) is 4.43. The Morgan fingerprint density at radius 3 is 2.58 bits per heavy atom. The molecule has 12 heavy (non-hydrogen) atoms. The van der Waals surface area contributed by atoms with Gasteiger partial charge >= 0.3 is 0 Å². The van der Waals surface area contributed by atoms with Gasteiger partial charge in [-0.3, -0.25) is 4.90 Å². The molecule has 1 fully saturated rings. The fourth-order valence-electron chi connectivity index (χ4n) is 1.57. The summed E-state index contributed by atoms with van der Waals surface area (Å²) in [6.45, 7) is 0.988. The minimum atomic E-state index is -0.824. The number of aliphatic hydroxyl groups is 3. The van der Waals surface area contributed by atoms with Gasteiger partial charge in [0.05, 0.1) is 24.9 Å². The van der Waals surface area contributed by atoms with Gasteiger partial charge in [-0.15, -0.1) is 0 Å². The average molecular weight is 193 g/mol. The highest BCUT2D eigenvalue weighted by molar-refractivity contribution is 7.80. The third kappa shape index (κ3) is 1.92. The number of thiol groups is 1. The van der Waals surface area contributed by atoms with E-state index in [1.54, 1.807) is 0 Å². The Kier molecular flexibility index (Phi) is 3.79. The molecular weight excluding hydrogens is 178 g/mol. The van der Waals surface area contributed by atoms with Gasteiger partial charge in [0.1, 0.15) is 0 Å². The van der Waals surface area contributed by atoms with Crippen molar-refractivity contribution in [3.8, 4) is 0 Å². The Morgan fingerprint density at radius 2 is 2.08 bits per heavy atom. The van der Waals surface area contributed by atoms with Gasteiger partial charge in [-0.1, -0.05) is 0 Å². The van der Waals surface area contributed by atoms with Crippen LogP contribution in [-0.2, 0) is 0 Å². The van der Waals surface area contributed by atoms with E-state index in [9.17, 15) is 10.2 Å². The second-order valence-corrected chi connectivity index (χ2v) is 3.47. The molecule has 1 aliphatic heterocycles. The van der Waals surface area contributed by atoms with Crippen molar-refractivity contribution in [3.05, 3.63) is 0 Å². The van der Waals surface area contributed by atoms with Crippen molar-refractivity contribution in [2.24, 2.45) is 0 Å². The van der Waals surface area contributed by atoms with Crippen LogP contribution in [0.3, 0.4) is 0 Å². The van der Waals surface area contributed by atoms with Crippen LogP contribution >= 0.6 is 12.6 Å². The molecule has 0 saturated carbocycles. The lowest BCUT2D eigenvalue weighted by molar-refractivity contribution is 0.0222. The standard InChI is InChI=1S/C7H15NO3S/c9-4-5-7(11)6(10)3-8(5)1-2-12/h5-7,9-12H,1-4H2. The summed E-state index contributed by atoms with van der Waals surface area (Å²) in [5, 5.41) is 27.6. The zero-order chi connectivity index (χ0) is 9.14. The first kappa shape index (κ1) is 10.3. The summed E-state index contributed by atoms with van der Waals surface area (Å²) in [6.07, 6.45) is -1.56. The smallest absolute Gasteiger partial charge is 0.0988 e. The highest BCUT2D eigenvalue weighted by atomic mass is 32.1. The molecule has 0 radical (unpaired) electrons. The molecular formula is C7H15NO3S. The third-order valence-electron chi connectivity index (χ3n) is 2.25. The van der Waals surface area contributed by atoms with Gasteiger partial charge in [-0.25, -0.2) is 0 Å². The molecule has 3 atom stereocenters. The minimum Gasteiger partial charge on any atom is -0.395 e. The Balaban J connectivity index is 2.52. The highest BCUT2D eigenvalue weighted by Gasteiger charge is 2.38. The lowest BCUT2D eigenvalue weighted by Crippen LogP contribution is -2.39. The number of hydrogen-bond acceptors (Lipinski definition) is 5. The van der Waals surface area contributed by atoms with Crippen molar-refractivity contribution in [2.75, 3.05) is 25.4 Å². The Hall–Kier alpha value is 0.190. The molecule has 4 nitrogen and oxygen atoms in total. The molecule has 1 heterocycles. The number of likely N-dealkylation sites (tertiary alicyclic amines) is 1. The van der Waals surface area contributed by atoms with Crippen LogP contribution in [0.4, 0.5) is 0 Å². The Bertz CT molecular complexity index is 147. The fourth-order valence-corrected chi connectivity index (χ4v) is 1.82. The second-order valence-electron chi connectivity index (χ2n) is 3.03. The van der Waals surface area contributed by atoms with Gasteiger partial charge in [-0.05, 0) is 0 Å². The van der Waals surface area contributed by atoms with Crippen molar-refractivity contribution >= 4 is 12.6 Å². The summed E-state index contributed by atoms with van der Waals surface area (Å²) >= 11 is 4.05. The van der Waals surface area contributed by atoms with Crippen LogP contribution in [0.5, 0.6) is 0 Å². The van der Waals surface area contributed by atoms with Crippen LogP contribution < -0.4 is 0 Å². The van der Waals surface area contributed by atoms with Crippen molar-refractivity contribution in [3.63, 3.8) is 0 Å². The van der Waals surface area contributed by atoms with E-state index >= 15 is 0 Å². The first-order chi connectivity index (χ1) is 5.70. The normalized spacial score (nSPS) is 37.5. The topological polar surface area (TPSA) is 63.9 Å². The number of hydrogen-bond donors (Lipinski definition) is 4. The van der Waals surface area contributed by atoms with E-state index in [0.29, 0.717) is 18.8 Å². The lowest BCUT2D eigenvalue weighted by atomic mass is 10.1. The predicted octanol–water partition coefficient (Wildman–Crippen LogP) is -1.69. The van der Waals surface area contributed by atoms with E-state index in [1.807, 2.05) is 4.90 Å². The number of nitrogens with zero attached hydrogens (tertiary/aromatic N) is 1. The van der Waals surface area contributed by atoms with Crippen molar-refractivity contribution in [1.29, 1.82) is 0 Å². The molecule has 0 bridgehead atoms. The zero-order valence-electron chi connectivity index (χ0n) is 6.80. The molecule has 72 valence electrons. The zero-order valence-corrected chi connectivity index (χ0v) is 7.69. The molecule has 1 rings (SSSR count). The van der Waals surface area contributed by atoms with E-state index in [-0.39, 0.29) is 12.6 Å². The molecule has 0 aromatic carbocycles. The molecule has 0 aromatic rings. The van der Waals surface area contributed by atoms with Crippen molar-refractivity contribution in [2.45, 2.75) is 18.2 Å². The van der Waals surface area contributed by atoms with Crippen LogP contribution in [0.15, 0.2) is 0 Å². The Morgan fingerprint density at radius 1 is 1.42 bits per heavy atom. The molecule has 0 aliphatic carbocycles. The van der Waals surface area contributed by atoms with Gasteiger partial charge in [0.25, 0.3) is 0 Å². The van der Waals surface area contributed by atoms with Crippen LogP contribution in [0.2, 0.25) is 0 Å². The van der Waals surface area contributed by atoms with E-state index in [1.165, 1.54) is 0 Å². The molecule has 5 heteroatoms. The molecule has 0 aromatic heterocycles. The number of rotatable bonds is 3. The van der Waals surface area contributed by atoms with Gasteiger partial charge < -0.3 is 15.3 Å². The number of aliphatic hydroxyl groups excluding tert-OH is 3. The monoisotopic (exact) mass is 193 g/mol. The molecule has 1 aliphatic rings. The summed E-state index contributed by atoms with van der Waals surface area (Å²) in [5.41, 5.74) is 0. The van der Waals surface area contributed by atoms with Gasteiger partial charge in [0, 0.05) is 18.8 Å². The Labute approximate surface area is 77.2 Å². The van der Waals surface area contributed by atoms with Gasteiger partial charge in [0.2, 0.25) is 0 Å². The van der Waals surface area contributed by atoms with Crippen LogP contribution in [0.1, 0.15) is 0 Å². The van der Waals surface area contributed by atoms with E-state index in [4.69, 9.17) is 5.11 Å². The van der Waals surface area contributed by atoms with E-state index < -0.39 is 12.2 Å². The summed E-state index contributed by atoms with van der Waals surface area (Å²) in [4.78, 5) is 1.85. The van der Waals surface area contributed by atoms with Crippen molar-refractivity contribution < 1.29 is 15.3 Å². The maximum atomic E-state index is 9.38. The predicted molar refractivity (Wildman–Crippen MR) is 48.3 cm³/mol. The average Bonchev–Trinajstić information content (AvgIpc) is 2.29. The van der Waals surface area contributed by atoms with Crippen LogP contribution in [0.25, 0.3) is 0 Å². The maximum Gasteiger partial charge on any atom is 0.0988 e. The molecule has 0 amide bonds. The SMILES string of the molecule is OCC1C(O)C(O)CN1CCS. The highest BCUT2D eigenvalue weighted by Crippen LogP contribution is 2.17. The third-order valence-corrected chi connectivity index (χ3v) is 2.45. The summed E-state index contributed by atoms with van der Waals surface area (Å²) in [6, 6.07) is -0.327. The summed E-state index contributed by atoms with van der Waals surface area (Å²) in [7, 11) is 0. The maximum absolute atomic E-state index is 9.38. The molecule has 3 unspecified atom stereocenters. The first-order valence-corrected chi connectivity index (χ1v) is 4.66. The number of β-amino-alcohol motifs (C(OH)–C–C–N with tert-alkyl or cyclic N) is 1. The van der Waals surface area contributed by atoms with Crippen LogP contribution in [-0.4, -0.2) is 63.9 Å². The summed E-state index contributed by atoms with van der Waals surface area (Å²) < 4.78 is 0. The van der Waals surface area contributed by atoms with Crippen LogP contribution in [0, 0.1) is 0 Å². The fraction of sp³-hybridized carbons (Fsp3) is 1.00. The lowest BCUT2D eigenvalue weighted by Gasteiger charge is -2.22. The molecule has 0 spiro atoms. The summed E-state index contributed by atoms with van der Waals surface area (Å²) in [5.74, 6) is 0.663. The van der Waals surface area contributed by atoms with Crippen molar-refractivity contribution in [1.82, 2.24) is 4.90 Å². The molecule has 3 N–H and O–H groups in total. The van der Waals surface area contributed by atoms with E-state index in [2.05, 4.69) is 12.6 Å². The quantitative estimate of drug-likeness (QED) is 0.404.